The van der Waals surface area contributed by atoms with Crippen molar-refractivity contribution in [1.29, 1.82) is 0 Å². The number of hydrogen-bond acceptors (Lipinski definition) is 4. The monoisotopic (exact) mass is 350 g/mol. The molecule has 0 fully saturated rings. The van der Waals surface area contributed by atoms with Gasteiger partial charge in [-0.25, -0.2) is 22.9 Å². The molecule has 0 amide bonds. The molecule has 25 heavy (non-hydrogen) atoms. The number of nitrogens with one attached hydrogen (secondary N) is 1. The molecule has 3 aromatic rings. The van der Waals surface area contributed by atoms with Gasteiger partial charge < -0.3 is 5.32 Å². The summed E-state index contributed by atoms with van der Waals surface area (Å²) in [6.07, 6.45) is 1.39. The second-order valence-electron chi connectivity index (χ2n) is 5.57. The first kappa shape index (κ1) is 16.7. The van der Waals surface area contributed by atoms with E-state index in [0.29, 0.717) is 5.56 Å². The number of nitrogens with zero attached hydrogens (tertiary/aromatic N) is 3. The Balaban J connectivity index is 2.34. The predicted molar refractivity (Wildman–Crippen MR) is 86.6 cm³/mol. The van der Waals surface area contributed by atoms with Crippen LogP contribution >= 0.6 is 0 Å². The van der Waals surface area contributed by atoms with Crippen LogP contribution in [0.2, 0.25) is 0 Å². The molecule has 2 aromatic heterocycles. The number of benzene rings is 1. The van der Waals surface area contributed by atoms with E-state index in [1.807, 2.05) is 0 Å². The fourth-order valence-electron chi connectivity index (χ4n) is 2.54. The average Bonchev–Trinajstić information content (AvgIpc) is 2.59. The van der Waals surface area contributed by atoms with Crippen molar-refractivity contribution in [3.63, 3.8) is 0 Å². The van der Waals surface area contributed by atoms with Crippen molar-refractivity contribution in [2.45, 2.75) is 6.92 Å². The van der Waals surface area contributed by atoms with Gasteiger partial charge in [0.2, 0.25) is 0 Å². The maximum Gasteiger partial charge on any atom is 0.332 e. The van der Waals surface area contributed by atoms with Gasteiger partial charge in [0.05, 0.1) is 11.4 Å². The first-order chi connectivity index (χ1) is 11.7. The first-order valence-corrected chi connectivity index (χ1v) is 7.20. The van der Waals surface area contributed by atoms with Crippen LogP contribution in [-0.4, -0.2) is 14.1 Å². The molecule has 0 unspecified atom stereocenters. The van der Waals surface area contributed by atoms with E-state index in [0.717, 1.165) is 16.7 Å². The third kappa shape index (κ3) is 2.48. The highest BCUT2D eigenvalue weighted by atomic mass is 19.2. The van der Waals surface area contributed by atoms with Gasteiger partial charge in [-0.05, 0) is 24.6 Å². The molecule has 0 aliphatic heterocycles. The molecule has 9 heteroatoms. The van der Waals surface area contributed by atoms with E-state index < -0.39 is 28.7 Å². The fourth-order valence-corrected chi connectivity index (χ4v) is 2.54. The van der Waals surface area contributed by atoms with Gasteiger partial charge in [0.1, 0.15) is 5.39 Å². The molecule has 6 nitrogen and oxygen atoms in total. The Hall–Kier alpha value is -3.10. The minimum atomic E-state index is -1.62. The molecular weight excluding hydrogens is 337 g/mol. The van der Waals surface area contributed by atoms with E-state index in [9.17, 15) is 22.8 Å². The van der Waals surface area contributed by atoms with Crippen LogP contribution in [0.15, 0.2) is 27.9 Å². The average molecular weight is 350 g/mol. The molecule has 1 N–H and O–H groups in total. The maximum atomic E-state index is 14.0. The van der Waals surface area contributed by atoms with E-state index in [4.69, 9.17) is 0 Å². The number of rotatable bonds is 2. The van der Waals surface area contributed by atoms with Gasteiger partial charge >= 0.3 is 5.69 Å². The molecule has 0 atom stereocenters. The second-order valence-corrected chi connectivity index (χ2v) is 5.57. The Labute approximate surface area is 139 Å². The molecule has 0 aliphatic rings. The molecule has 3 rings (SSSR count). The molecule has 2 heterocycles. The molecule has 0 spiro atoms. The van der Waals surface area contributed by atoms with Crippen LogP contribution in [0, 0.1) is 24.4 Å². The van der Waals surface area contributed by atoms with Crippen LogP contribution < -0.4 is 16.6 Å². The normalized spacial score (nSPS) is 11.1. The summed E-state index contributed by atoms with van der Waals surface area (Å²) < 4.78 is 42.6. The van der Waals surface area contributed by atoms with Crippen molar-refractivity contribution < 1.29 is 13.2 Å². The van der Waals surface area contributed by atoms with Crippen molar-refractivity contribution in [1.82, 2.24) is 14.1 Å². The fraction of sp³-hybridized carbons (Fsp3) is 0.188. The summed E-state index contributed by atoms with van der Waals surface area (Å²) in [5.41, 5.74) is -0.841. The summed E-state index contributed by atoms with van der Waals surface area (Å²) in [4.78, 5) is 28.6. The van der Waals surface area contributed by atoms with Crippen molar-refractivity contribution in [3.8, 4) is 0 Å². The molecule has 0 radical (unpaired) electrons. The van der Waals surface area contributed by atoms with Crippen molar-refractivity contribution in [2.24, 2.45) is 14.1 Å². The molecule has 1 aromatic carbocycles. The van der Waals surface area contributed by atoms with Gasteiger partial charge in [-0.1, -0.05) is 0 Å². The lowest BCUT2D eigenvalue weighted by Gasteiger charge is -2.15. The second kappa shape index (κ2) is 5.76. The summed E-state index contributed by atoms with van der Waals surface area (Å²) in [5, 5.41) is 2.65. The zero-order valence-corrected chi connectivity index (χ0v) is 13.5. The number of fused-ring (bicyclic) bond motifs is 1. The van der Waals surface area contributed by atoms with Crippen LogP contribution in [0.4, 0.5) is 24.5 Å². The van der Waals surface area contributed by atoms with Gasteiger partial charge in [0.15, 0.2) is 23.1 Å². The summed E-state index contributed by atoms with van der Waals surface area (Å²) in [6.45, 7) is 1.61. The lowest BCUT2D eigenvalue weighted by atomic mass is 10.1. The van der Waals surface area contributed by atoms with E-state index in [1.54, 1.807) is 6.92 Å². The minimum Gasteiger partial charge on any atom is -0.352 e. The van der Waals surface area contributed by atoms with Crippen LogP contribution in [0.3, 0.4) is 0 Å². The molecule has 0 bridgehead atoms. The van der Waals surface area contributed by atoms with Gasteiger partial charge in [-0.15, -0.1) is 0 Å². The summed E-state index contributed by atoms with van der Waals surface area (Å²) >= 11 is 0. The number of aromatic nitrogens is 3. The zero-order valence-electron chi connectivity index (χ0n) is 13.5. The van der Waals surface area contributed by atoms with Gasteiger partial charge in [-0.2, -0.15) is 0 Å². The predicted octanol–water partition coefficient (Wildman–Crippen LogP) is 2.10. The zero-order chi connectivity index (χ0) is 18.5. The molecule has 0 aliphatic carbocycles. The Morgan fingerprint density at radius 3 is 2.40 bits per heavy atom. The van der Waals surface area contributed by atoms with Crippen molar-refractivity contribution >= 4 is 22.4 Å². The highest BCUT2D eigenvalue weighted by Crippen LogP contribution is 2.28. The summed E-state index contributed by atoms with van der Waals surface area (Å²) in [7, 11) is 2.74. The molecular formula is C16H13F3N4O2. The number of pyridine rings is 1. The van der Waals surface area contributed by atoms with Gasteiger partial charge in [-0.3, -0.25) is 13.9 Å². The third-order valence-corrected chi connectivity index (χ3v) is 3.95. The van der Waals surface area contributed by atoms with E-state index in [1.165, 1.54) is 24.9 Å². The summed E-state index contributed by atoms with van der Waals surface area (Å²) in [6, 6.07) is 1.79. The Morgan fingerprint density at radius 1 is 1.04 bits per heavy atom. The van der Waals surface area contributed by atoms with E-state index in [2.05, 4.69) is 10.3 Å². The maximum absolute atomic E-state index is 14.0. The van der Waals surface area contributed by atoms with Crippen LogP contribution in [0.25, 0.3) is 11.0 Å². The third-order valence-electron chi connectivity index (χ3n) is 3.95. The quantitative estimate of drug-likeness (QED) is 0.719. The van der Waals surface area contributed by atoms with E-state index >= 15 is 0 Å². The number of anilines is 2. The highest BCUT2D eigenvalue weighted by molar-refractivity contribution is 5.92. The molecule has 0 saturated heterocycles. The standard InChI is InChI=1S/C16H13F3N4O2/c1-7-6-20-14-10(15(24)23(3)16(25)22(14)2)13(7)21-9-5-4-8(17)11(18)12(9)19/h4-6H,1-3H3,(H,20,21). The highest BCUT2D eigenvalue weighted by Gasteiger charge is 2.19. The number of aryl methyl sites for hydroxylation is 2. The topological polar surface area (TPSA) is 68.9 Å². The molecule has 0 saturated carbocycles. The van der Waals surface area contributed by atoms with Crippen LogP contribution in [0.1, 0.15) is 5.56 Å². The van der Waals surface area contributed by atoms with E-state index in [-0.39, 0.29) is 22.4 Å². The number of hydrogen-bond donors (Lipinski definition) is 1. The molecule has 130 valence electrons. The summed E-state index contributed by atoms with van der Waals surface area (Å²) in [5.74, 6) is -4.36. The van der Waals surface area contributed by atoms with Gasteiger partial charge in [0, 0.05) is 20.3 Å². The first-order valence-electron chi connectivity index (χ1n) is 7.20. The number of halogens is 3. The Morgan fingerprint density at radius 2 is 1.72 bits per heavy atom. The minimum absolute atomic E-state index is 0.0359. The SMILES string of the molecule is Cc1cnc2c(c1Nc1ccc(F)c(F)c1F)c(=O)n(C)c(=O)n2C. The van der Waals surface area contributed by atoms with Crippen molar-refractivity contribution in [3.05, 3.63) is 62.2 Å². The Bertz CT molecular complexity index is 1140. The smallest absolute Gasteiger partial charge is 0.332 e. The lowest BCUT2D eigenvalue weighted by molar-refractivity contribution is 0.449. The lowest BCUT2D eigenvalue weighted by Crippen LogP contribution is -2.37. The Kier molecular flexibility index (Phi) is 3.86. The van der Waals surface area contributed by atoms with Crippen LogP contribution in [0.5, 0.6) is 0 Å². The van der Waals surface area contributed by atoms with Crippen LogP contribution in [-0.2, 0) is 14.1 Å². The largest absolute Gasteiger partial charge is 0.352 e. The van der Waals surface area contributed by atoms with Crippen molar-refractivity contribution in [2.75, 3.05) is 5.32 Å². The van der Waals surface area contributed by atoms with Gasteiger partial charge in [0.25, 0.3) is 5.56 Å².